The summed E-state index contributed by atoms with van der Waals surface area (Å²) in [6.07, 6.45) is 1.38. The molecule has 0 spiro atoms. The van der Waals surface area contributed by atoms with E-state index in [0.29, 0.717) is 6.42 Å². The molecule has 2 aromatic rings. The number of nitrogen functional groups attached to an aromatic ring is 1. The quantitative estimate of drug-likeness (QED) is 0.801. The molecule has 1 heterocycles. The Labute approximate surface area is 130 Å². The van der Waals surface area contributed by atoms with Crippen LogP contribution in [0.1, 0.15) is 37.3 Å². The van der Waals surface area contributed by atoms with Crippen molar-refractivity contribution in [2.45, 2.75) is 38.6 Å². The minimum absolute atomic E-state index is 0.0991. The number of nitrogens with one attached hydrogen (secondary N) is 1. The van der Waals surface area contributed by atoms with Gasteiger partial charge in [0.15, 0.2) is 0 Å². The Hall–Kier alpha value is -1.81. The first-order valence-corrected chi connectivity index (χ1v) is 8.14. The maximum atomic E-state index is 12.1. The maximum Gasteiger partial charge on any atom is 0.220 e. The van der Waals surface area contributed by atoms with Gasteiger partial charge in [0.2, 0.25) is 5.91 Å². The van der Waals surface area contributed by atoms with E-state index in [1.54, 1.807) is 11.3 Å². The van der Waals surface area contributed by atoms with Gasteiger partial charge in [-0.05, 0) is 59.3 Å². The molecule has 0 aliphatic rings. The Bertz CT molecular complexity index is 563. The summed E-state index contributed by atoms with van der Waals surface area (Å²) in [5, 5.41) is 7.26. The number of rotatable bonds is 6. The maximum absolute atomic E-state index is 12.1. The number of carbonyl (C=O) groups is 1. The summed E-state index contributed by atoms with van der Waals surface area (Å²) in [6.45, 7) is 4.11. The predicted octanol–water partition coefficient (Wildman–Crippen LogP) is 3.57. The molecular formula is C17H22N2OS. The Balaban J connectivity index is 1.82. The van der Waals surface area contributed by atoms with Gasteiger partial charge in [0.25, 0.3) is 0 Å². The van der Waals surface area contributed by atoms with E-state index in [-0.39, 0.29) is 17.9 Å². The monoisotopic (exact) mass is 302 g/mol. The molecule has 1 aromatic carbocycles. The van der Waals surface area contributed by atoms with Crippen LogP contribution in [0.15, 0.2) is 41.1 Å². The van der Waals surface area contributed by atoms with E-state index in [2.05, 4.69) is 29.1 Å². The highest BCUT2D eigenvalue weighted by molar-refractivity contribution is 7.07. The zero-order chi connectivity index (χ0) is 15.2. The van der Waals surface area contributed by atoms with Crippen molar-refractivity contribution < 1.29 is 4.79 Å². The summed E-state index contributed by atoms with van der Waals surface area (Å²) < 4.78 is 0. The minimum atomic E-state index is 0.0991. The number of hydrogen-bond acceptors (Lipinski definition) is 3. The van der Waals surface area contributed by atoms with Crippen molar-refractivity contribution in [2.24, 2.45) is 0 Å². The van der Waals surface area contributed by atoms with Crippen LogP contribution in [0.2, 0.25) is 0 Å². The molecule has 0 fully saturated rings. The molecule has 0 aliphatic heterocycles. The van der Waals surface area contributed by atoms with E-state index < -0.39 is 0 Å². The first-order valence-electron chi connectivity index (χ1n) is 7.20. The zero-order valence-electron chi connectivity index (χ0n) is 12.5. The average molecular weight is 302 g/mol. The molecule has 4 heteroatoms. The van der Waals surface area contributed by atoms with E-state index in [4.69, 9.17) is 5.73 Å². The van der Waals surface area contributed by atoms with Crippen LogP contribution in [-0.4, -0.2) is 11.9 Å². The molecule has 1 aromatic heterocycles. The van der Waals surface area contributed by atoms with Crippen LogP contribution in [0.25, 0.3) is 0 Å². The van der Waals surface area contributed by atoms with Gasteiger partial charge < -0.3 is 11.1 Å². The van der Waals surface area contributed by atoms with Gasteiger partial charge in [-0.1, -0.05) is 19.1 Å². The Morgan fingerprint density at radius 1 is 1.24 bits per heavy atom. The number of nitrogens with two attached hydrogens (primary N) is 1. The fourth-order valence-electron chi connectivity index (χ4n) is 2.37. The van der Waals surface area contributed by atoms with E-state index in [1.165, 1.54) is 5.56 Å². The lowest BCUT2D eigenvalue weighted by Crippen LogP contribution is -2.34. The van der Waals surface area contributed by atoms with Gasteiger partial charge in [-0.2, -0.15) is 11.3 Å². The first kappa shape index (κ1) is 15.6. The molecule has 2 rings (SSSR count). The van der Waals surface area contributed by atoms with Gasteiger partial charge >= 0.3 is 0 Å². The molecule has 112 valence electrons. The number of anilines is 1. The van der Waals surface area contributed by atoms with Crippen LogP contribution in [-0.2, 0) is 11.2 Å². The highest BCUT2D eigenvalue weighted by Gasteiger charge is 2.13. The lowest BCUT2D eigenvalue weighted by atomic mass is 9.97. The van der Waals surface area contributed by atoms with Crippen molar-refractivity contribution in [1.29, 1.82) is 0 Å². The van der Waals surface area contributed by atoms with Gasteiger partial charge in [0, 0.05) is 18.2 Å². The Morgan fingerprint density at radius 2 is 1.95 bits per heavy atom. The van der Waals surface area contributed by atoms with Crippen molar-refractivity contribution >= 4 is 22.9 Å². The topological polar surface area (TPSA) is 55.1 Å². The van der Waals surface area contributed by atoms with Gasteiger partial charge in [0.1, 0.15) is 0 Å². The fraction of sp³-hybridized carbons (Fsp3) is 0.353. The Morgan fingerprint density at radius 3 is 2.57 bits per heavy atom. The molecule has 21 heavy (non-hydrogen) atoms. The molecule has 3 nitrogen and oxygen atoms in total. The van der Waals surface area contributed by atoms with Crippen LogP contribution >= 0.6 is 11.3 Å². The number of amides is 1. The summed E-state index contributed by atoms with van der Waals surface area (Å²) in [5.41, 5.74) is 8.85. The minimum Gasteiger partial charge on any atom is -0.399 e. The van der Waals surface area contributed by atoms with Crippen LogP contribution in [0.5, 0.6) is 0 Å². The molecule has 0 aliphatic carbocycles. The Kier molecular flexibility index (Phi) is 5.39. The molecular weight excluding hydrogens is 280 g/mol. The third-order valence-electron chi connectivity index (χ3n) is 3.53. The van der Waals surface area contributed by atoms with Crippen molar-refractivity contribution in [3.8, 4) is 0 Å². The smallest absolute Gasteiger partial charge is 0.220 e. The van der Waals surface area contributed by atoms with E-state index in [1.807, 2.05) is 31.2 Å². The third kappa shape index (κ3) is 4.90. The second-order valence-corrected chi connectivity index (χ2v) is 6.36. The van der Waals surface area contributed by atoms with E-state index in [9.17, 15) is 4.79 Å². The van der Waals surface area contributed by atoms with Gasteiger partial charge in [0.05, 0.1) is 0 Å². The van der Waals surface area contributed by atoms with Gasteiger partial charge in [-0.25, -0.2) is 0 Å². The summed E-state index contributed by atoms with van der Waals surface area (Å²) in [4.78, 5) is 12.1. The summed E-state index contributed by atoms with van der Waals surface area (Å²) >= 11 is 1.69. The van der Waals surface area contributed by atoms with Crippen molar-refractivity contribution in [1.82, 2.24) is 5.32 Å². The van der Waals surface area contributed by atoms with E-state index >= 15 is 0 Å². The lowest BCUT2D eigenvalue weighted by molar-refractivity contribution is -0.122. The lowest BCUT2D eigenvalue weighted by Gasteiger charge is -2.16. The van der Waals surface area contributed by atoms with Crippen molar-refractivity contribution in [3.05, 3.63) is 52.2 Å². The van der Waals surface area contributed by atoms with Crippen LogP contribution in [0, 0.1) is 0 Å². The van der Waals surface area contributed by atoms with Crippen LogP contribution in [0.3, 0.4) is 0 Å². The van der Waals surface area contributed by atoms with Gasteiger partial charge in [-0.15, -0.1) is 0 Å². The van der Waals surface area contributed by atoms with E-state index in [0.717, 1.165) is 17.7 Å². The van der Waals surface area contributed by atoms with Crippen molar-refractivity contribution in [2.75, 3.05) is 5.73 Å². The number of thiophene rings is 1. The van der Waals surface area contributed by atoms with Crippen molar-refractivity contribution in [3.63, 3.8) is 0 Å². The highest BCUT2D eigenvalue weighted by atomic mass is 32.1. The SMILES string of the molecule is CC(Cc1ccsc1)NC(=O)CC(C)c1ccc(N)cc1. The first-order chi connectivity index (χ1) is 10.0. The normalized spacial score (nSPS) is 13.6. The molecule has 1 amide bonds. The predicted molar refractivity (Wildman–Crippen MR) is 89.5 cm³/mol. The average Bonchev–Trinajstić information content (AvgIpc) is 2.91. The van der Waals surface area contributed by atoms with Crippen LogP contribution in [0.4, 0.5) is 5.69 Å². The standard InChI is InChI=1S/C17H22N2OS/c1-12(15-3-5-16(18)6-4-15)9-17(20)19-13(2)10-14-7-8-21-11-14/h3-8,11-13H,9-10,18H2,1-2H3,(H,19,20). The second-order valence-electron chi connectivity index (χ2n) is 5.58. The van der Waals surface area contributed by atoms with Gasteiger partial charge in [-0.3, -0.25) is 4.79 Å². The summed E-state index contributed by atoms with van der Waals surface area (Å²) in [7, 11) is 0. The molecule has 0 bridgehead atoms. The molecule has 0 radical (unpaired) electrons. The summed E-state index contributed by atoms with van der Waals surface area (Å²) in [5.74, 6) is 0.293. The number of benzene rings is 1. The summed E-state index contributed by atoms with van der Waals surface area (Å²) in [6, 6.07) is 9.99. The number of carbonyl (C=O) groups excluding carboxylic acids is 1. The fourth-order valence-corrected chi connectivity index (χ4v) is 3.05. The third-order valence-corrected chi connectivity index (χ3v) is 4.26. The molecule has 0 saturated heterocycles. The van der Waals surface area contributed by atoms with Crippen LogP contribution < -0.4 is 11.1 Å². The zero-order valence-corrected chi connectivity index (χ0v) is 13.3. The molecule has 2 atom stereocenters. The molecule has 0 saturated carbocycles. The highest BCUT2D eigenvalue weighted by Crippen LogP contribution is 2.20. The second kappa shape index (κ2) is 7.27. The number of hydrogen-bond donors (Lipinski definition) is 2. The largest absolute Gasteiger partial charge is 0.399 e. The molecule has 3 N–H and O–H groups in total. The molecule has 2 unspecified atom stereocenters.